The molecule has 0 saturated heterocycles. The van der Waals surface area contributed by atoms with Crippen molar-refractivity contribution in [3.8, 4) is 11.5 Å². The van der Waals surface area contributed by atoms with Crippen molar-refractivity contribution >= 4 is 28.1 Å². The molecule has 0 aliphatic heterocycles. The van der Waals surface area contributed by atoms with Crippen molar-refractivity contribution in [1.29, 1.82) is 0 Å². The van der Waals surface area contributed by atoms with Crippen LogP contribution in [0.4, 0.5) is 0 Å². The van der Waals surface area contributed by atoms with Gasteiger partial charge in [0.15, 0.2) is 0 Å². The van der Waals surface area contributed by atoms with Crippen molar-refractivity contribution in [2.24, 2.45) is 9.98 Å². The van der Waals surface area contributed by atoms with Crippen molar-refractivity contribution in [2.75, 3.05) is 39.5 Å². The summed E-state index contributed by atoms with van der Waals surface area (Å²) in [5.41, 5.74) is 1.37. The smallest absolute Gasteiger partial charge is 0.469 e. The molecule has 0 aliphatic rings. The Bertz CT molecular complexity index is 974. The number of hydrogen-bond donors (Lipinski definition) is 4. The van der Waals surface area contributed by atoms with E-state index in [1.54, 1.807) is 48.5 Å². The van der Waals surface area contributed by atoms with Gasteiger partial charge in [0.2, 0.25) is 0 Å². The molecule has 0 radical (unpaired) electrons. The Morgan fingerprint density at radius 2 is 1.03 bits per heavy atom. The average Bonchev–Trinajstić information content (AvgIpc) is 2.76. The third-order valence-electron chi connectivity index (χ3n) is 3.86. The van der Waals surface area contributed by atoms with Gasteiger partial charge >= 0.3 is 15.6 Å². The summed E-state index contributed by atoms with van der Waals surface area (Å²) in [5.74, 6) is 1.12. The van der Waals surface area contributed by atoms with Crippen LogP contribution in [0.25, 0.3) is 0 Å². The molecule has 2 aromatic rings. The first-order valence-electron chi connectivity index (χ1n) is 9.97. The molecule has 15 heteroatoms. The van der Waals surface area contributed by atoms with E-state index in [9.17, 15) is 9.13 Å². The van der Waals surface area contributed by atoms with Gasteiger partial charge in [-0.2, -0.15) is 0 Å². The third-order valence-corrected chi connectivity index (χ3v) is 4.89. The van der Waals surface area contributed by atoms with E-state index in [2.05, 4.69) is 19.0 Å². The van der Waals surface area contributed by atoms with Gasteiger partial charge in [-0.3, -0.25) is 19.0 Å². The van der Waals surface area contributed by atoms with Gasteiger partial charge in [0.1, 0.15) is 24.7 Å². The van der Waals surface area contributed by atoms with Crippen molar-refractivity contribution in [3.63, 3.8) is 0 Å². The molecule has 0 fully saturated rings. The maximum absolute atomic E-state index is 10.7. The number of phosphoric acid groups is 2. The van der Waals surface area contributed by atoms with E-state index in [4.69, 9.17) is 29.0 Å². The minimum absolute atomic E-state index is 0. The zero-order valence-electron chi connectivity index (χ0n) is 18.4. The van der Waals surface area contributed by atoms with Gasteiger partial charge in [-0.25, -0.2) is 9.13 Å². The molecule has 196 valence electrons. The Labute approximate surface area is 216 Å². The van der Waals surface area contributed by atoms with Gasteiger partial charge in [-0.15, -0.1) is 0 Å². The van der Waals surface area contributed by atoms with Crippen LogP contribution < -0.4 is 9.47 Å². The fraction of sp³-hybridized carbons (Fsp3) is 0.300. The minimum Gasteiger partial charge on any atom is -0.489 e. The van der Waals surface area contributed by atoms with E-state index >= 15 is 0 Å². The Kier molecular flexibility index (Phi) is 14.4. The predicted molar refractivity (Wildman–Crippen MR) is 125 cm³/mol. The Morgan fingerprint density at radius 1 is 0.657 bits per heavy atom. The monoisotopic (exact) mass is 622 g/mol. The van der Waals surface area contributed by atoms with Crippen molar-refractivity contribution in [2.45, 2.75) is 0 Å². The van der Waals surface area contributed by atoms with Crippen LogP contribution in [0, 0.1) is 0 Å². The number of phosphoric ester groups is 2. The van der Waals surface area contributed by atoms with E-state index in [-0.39, 0.29) is 59.9 Å². The van der Waals surface area contributed by atoms with E-state index < -0.39 is 15.6 Å². The quantitative estimate of drug-likeness (QED) is 0.0997. The van der Waals surface area contributed by atoms with Crippen molar-refractivity contribution in [1.82, 2.24) is 0 Å². The molecule has 0 aliphatic carbocycles. The summed E-state index contributed by atoms with van der Waals surface area (Å²) in [4.78, 5) is 42.8. The third kappa shape index (κ3) is 14.4. The van der Waals surface area contributed by atoms with Crippen LogP contribution in [0.1, 0.15) is 11.1 Å². The van der Waals surface area contributed by atoms with E-state index in [1.807, 2.05) is 0 Å². The minimum atomic E-state index is -4.51. The molecule has 0 amide bonds. The molecule has 12 nitrogen and oxygen atoms in total. The predicted octanol–water partition coefficient (Wildman–Crippen LogP) is 2.20. The molecule has 2 rings (SSSR count). The number of nitrogens with zero attached hydrogens (tertiary/aromatic N) is 2. The second-order valence-corrected chi connectivity index (χ2v) is 8.97. The summed E-state index contributed by atoms with van der Waals surface area (Å²) in [6.07, 6.45) is 3.06. The van der Waals surface area contributed by atoms with Crippen molar-refractivity contribution in [3.05, 3.63) is 59.7 Å². The van der Waals surface area contributed by atoms with Crippen molar-refractivity contribution < 1.29 is 67.6 Å². The van der Waals surface area contributed by atoms with Gasteiger partial charge in [0, 0.05) is 44.0 Å². The van der Waals surface area contributed by atoms with Crippen LogP contribution in [0.5, 0.6) is 11.5 Å². The molecule has 35 heavy (non-hydrogen) atoms. The summed E-state index contributed by atoms with van der Waals surface area (Å²) in [5, 5.41) is 0. The molecule has 0 atom stereocenters. The summed E-state index contributed by atoms with van der Waals surface area (Å²) < 4.78 is 41.5. The van der Waals surface area contributed by atoms with Crippen LogP contribution >= 0.6 is 15.6 Å². The van der Waals surface area contributed by atoms with Crippen LogP contribution in [0.15, 0.2) is 58.5 Å². The van der Waals surface area contributed by atoms with E-state index in [1.165, 1.54) is 12.4 Å². The van der Waals surface area contributed by atoms with Crippen LogP contribution in [0.3, 0.4) is 0 Å². The molecule has 4 N–H and O–H groups in total. The molecule has 0 unspecified atom stereocenters. The number of benzene rings is 2. The molecule has 2 aromatic carbocycles. The topological polar surface area (TPSA) is 177 Å². The van der Waals surface area contributed by atoms with Gasteiger partial charge in [0.05, 0.1) is 26.3 Å². The van der Waals surface area contributed by atoms with Crippen LogP contribution in [-0.2, 0) is 38.6 Å². The number of rotatable bonds is 15. The molecule has 0 spiro atoms. The molecule has 0 heterocycles. The fourth-order valence-electron chi connectivity index (χ4n) is 2.49. The summed E-state index contributed by atoms with van der Waals surface area (Å²) in [6.45, 7) is 0.189. The van der Waals surface area contributed by atoms with Crippen LogP contribution in [-0.4, -0.2) is 71.5 Å². The van der Waals surface area contributed by atoms with Crippen LogP contribution in [0.2, 0.25) is 0 Å². The number of aliphatic imine (C=N–C) groups is 2. The van der Waals surface area contributed by atoms with Gasteiger partial charge < -0.3 is 29.0 Å². The first-order chi connectivity index (χ1) is 16.1. The van der Waals surface area contributed by atoms with Gasteiger partial charge in [-0.05, 0) is 24.3 Å². The summed E-state index contributed by atoms with van der Waals surface area (Å²) >= 11 is 0. The van der Waals surface area contributed by atoms with Gasteiger partial charge in [0.25, 0.3) is 0 Å². The van der Waals surface area contributed by atoms with E-state index in [0.29, 0.717) is 22.6 Å². The first kappa shape index (κ1) is 31.3. The zero-order chi connectivity index (χ0) is 24.9. The fourth-order valence-corrected chi connectivity index (χ4v) is 3.13. The molecular formula is C20H26N2O10P2Pd. The number of ether oxygens (including phenoxy) is 2. The molecule has 0 saturated carbocycles. The van der Waals surface area contributed by atoms with Gasteiger partial charge in [-0.1, -0.05) is 24.3 Å². The molecule has 0 bridgehead atoms. The standard InChI is InChI=1S/C20H26N2O10P2.Pd/c23-33(24,25)31-11-9-21-15-17-5-1-3-7-19(17)29-13-14-30-20-8-4-2-6-18(20)16-22-10-12-32-34(26,27)28;/h1-8,15-16H,9-14H2,(H2,23,24,25)(H2,26,27,28);. The van der Waals surface area contributed by atoms with E-state index in [0.717, 1.165) is 0 Å². The SMILES string of the molecule is O=P(O)(O)OCCN=Cc1ccccc1OCCOc1ccccc1C=NCCOP(=O)(O)O.[Pd]. The summed E-state index contributed by atoms with van der Waals surface area (Å²) in [7, 11) is -9.01. The molecular weight excluding hydrogens is 597 g/mol. The number of para-hydroxylation sites is 2. The largest absolute Gasteiger partial charge is 0.489 e. The Balaban J connectivity index is 0.00000612. The zero-order valence-corrected chi connectivity index (χ0v) is 21.7. The second-order valence-electron chi connectivity index (χ2n) is 6.49. The second kappa shape index (κ2) is 16.1. The first-order valence-corrected chi connectivity index (χ1v) is 13.0. The normalized spacial score (nSPS) is 12.1. The maximum Gasteiger partial charge on any atom is 0.469 e. The number of hydrogen-bond acceptors (Lipinski definition) is 8. The summed E-state index contributed by atoms with van der Waals surface area (Å²) in [6, 6.07) is 14.3. The molecule has 0 aromatic heterocycles. The average molecular weight is 623 g/mol. The Hall–Kier alpha value is -1.74. The maximum atomic E-state index is 10.7. The Morgan fingerprint density at radius 3 is 1.40 bits per heavy atom.